The van der Waals surface area contributed by atoms with Crippen LogP contribution in [-0.4, -0.2) is 35.3 Å². The highest BCUT2D eigenvalue weighted by molar-refractivity contribution is 7.10. The van der Waals surface area contributed by atoms with E-state index in [1.54, 1.807) is 28.2 Å². The summed E-state index contributed by atoms with van der Waals surface area (Å²) in [6.07, 6.45) is 0. The highest BCUT2D eigenvalue weighted by Gasteiger charge is 2.43. The molecule has 3 heterocycles. The second-order valence-electron chi connectivity index (χ2n) is 5.96. The molecule has 2 aromatic rings. The molecule has 5 nitrogen and oxygen atoms in total. The van der Waals surface area contributed by atoms with Crippen LogP contribution < -0.4 is 5.32 Å². The Bertz CT molecular complexity index is 814. The van der Waals surface area contributed by atoms with E-state index in [1.807, 2.05) is 47.8 Å². The Balaban J connectivity index is 1.67. The van der Waals surface area contributed by atoms with Crippen LogP contribution in [0.5, 0.6) is 0 Å². The van der Waals surface area contributed by atoms with Crippen LogP contribution in [0.25, 0.3) is 0 Å². The molecule has 0 saturated carbocycles. The van der Waals surface area contributed by atoms with Gasteiger partial charge in [0.2, 0.25) is 0 Å². The average Bonchev–Trinajstić information content (AvgIpc) is 3.22. The lowest BCUT2D eigenvalue weighted by Gasteiger charge is -2.30. The van der Waals surface area contributed by atoms with Crippen molar-refractivity contribution in [3.8, 4) is 0 Å². The van der Waals surface area contributed by atoms with Crippen molar-refractivity contribution in [3.05, 3.63) is 69.6 Å². The van der Waals surface area contributed by atoms with Gasteiger partial charge in [-0.3, -0.25) is 9.69 Å². The number of hydrogen-bond acceptors (Lipinski definition) is 3. The number of hydrogen-bond donors (Lipinski definition) is 1. The molecule has 1 atom stereocenters. The predicted octanol–water partition coefficient (Wildman–Crippen LogP) is 2.74. The molecule has 4 rings (SSSR count). The molecule has 24 heavy (non-hydrogen) atoms. The fourth-order valence-electron chi connectivity index (χ4n) is 3.22. The Labute approximate surface area is 144 Å². The summed E-state index contributed by atoms with van der Waals surface area (Å²) >= 11 is 1.55. The summed E-state index contributed by atoms with van der Waals surface area (Å²) in [6, 6.07) is 13.3. The Morgan fingerprint density at radius 3 is 2.67 bits per heavy atom. The zero-order valence-electron chi connectivity index (χ0n) is 13.2. The summed E-state index contributed by atoms with van der Waals surface area (Å²) in [4.78, 5) is 29.6. The Morgan fingerprint density at radius 1 is 1.17 bits per heavy atom. The first-order chi connectivity index (χ1) is 11.6. The lowest BCUT2D eigenvalue weighted by molar-refractivity contribution is -0.126. The lowest BCUT2D eigenvalue weighted by Crippen LogP contribution is -2.45. The second kappa shape index (κ2) is 5.79. The molecule has 2 aliphatic heterocycles. The molecule has 1 aromatic heterocycles. The largest absolute Gasteiger partial charge is 0.329 e. The van der Waals surface area contributed by atoms with E-state index < -0.39 is 0 Å². The normalized spacial score (nSPS) is 20.5. The molecule has 1 N–H and O–H groups in total. The molecule has 2 aliphatic rings. The summed E-state index contributed by atoms with van der Waals surface area (Å²) in [5.74, 6) is -0.000830. The molecule has 3 amide bonds. The van der Waals surface area contributed by atoms with Crippen LogP contribution in [0.15, 0.2) is 59.1 Å². The molecule has 0 bridgehead atoms. The first kappa shape index (κ1) is 15.0. The van der Waals surface area contributed by atoms with Crippen LogP contribution in [0.1, 0.15) is 16.5 Å². The topological polar surface area (TPSA) is 52.7 Å². The average molecular weight is 339 g/mol. The Hall–Kier alpha value is -2.60. The van der Waals surface area contributed by atoms with Crippen molar-refractivity contribution in [3.63, 3.8) is 0 Å². The fourth-order valence-corrected chi connectivity index (χ4v) is 4.01. The second-order valence-corrected chi connectivity index (χ2v) is 6.94. The van der Waals surface area contributed by atoms with Gasteiger partial charge in [0.1, 0.15) is 0 Å². The molecule has 6 heteroatoms. The number of likely N-dealkylation sites (N-methyl/N-ethyl adjacent to an activating group) is 1. The molecule has 0 radical (unpaired) electrons. The van der Waals surface area contributed by atoms with Gasteiger partial charge in [0.15, 0.2) is 0 Å². The van der Waals surface area contributed by atoms with Gasteiger partial charge in [-0.25, -0.2) is 4.79 Å². The summed E-state index contributed by atoms with van der Waals surface area (Å²) in [7, 11) is 1.72. The van der Waals surface area contributed by atoms with Crippen LogP contribution in [0.2, 0.25) is 0 Å². The van der Waals surface area contributed by atoms with Crippen molar-refractivity contribution in [2.24, 2.45) is 0 Å². The van der Waals surface area contributed by atoms with Gasteiger partial charge in [0.05, 0.1) is 23.9 Å². The lowest BCUT2D eigenvalue weighted by atomic mass is 10.0. The minimum absolute atomic E-state index is 0.000830. The quantitative estimate of drug-likeness (QED) is 0.935. The maximum absolute atomic E-state index is 13.0. The number of carbonyl (C=O) groups is 2. The maximum atomic E-state index is 13.0. The van der Waals surface area contributed by atoms with Gasteiger partial charge in [-0.2, -0.15) is 0 Å². The minimum atomic E-state index is -0.350. The van der Waals surface area contributed by atoms with Crippen LogP contribution >= 0.6 is 11.3 Å². The van der Waals surface area contributed by atoms with Crippen molar-refractivity contribution in [1.29, 1.82) is 0 Å². The molecule has 0 saturated heterocycles. The molecule has 122 valence electrons. The van der Waals surface area contributed by atoms with Gasteiger partial charge >= 0.3 is 6.03 Å². The molecular formula is C18H17N3O2S. The molecule has 0 unspecified atom stereocenters. The SMILES string of the molecule is CN1C(=O)N[C@@H](c2cccs2)C2=C1CN(Cc1ccccc1)C2=O. The van der Waals surface area contributed by atoms with Crippen LogP contribution in [0, 0.1) is 0 Å². The van der Waals surface area contributed by atoms with E-state index in [0.29, 0.717) is 18.7 Å². The van der Waals surface area contributed by atoms with Gasteiger partial charge in [-0.1, -0.05) is 36.4 Å². The number of amides is 3. The standard InChI is InChI=1S/C18H17N3O2S/c1-20-13-11-21(10-12-6-3-2-4-7-12)17(22)15(13)16(19-18(20)23)14-8-5-9-24-14/h2-9,16H,10-11H2,1H3,(H,19,23)/t16-/m0/s1. The number of thiophene rings is 1. The predicted molar refractivity (Wildman–Crippen MR) is 92.2 cm³/mol. The van der Waals surface area contributed by atoms with E-state index in [1.165, 1.54) is 0 Å². The maximum Gasteiger partial charge on any atom is 0.322 e. The summed E-state index contributed by atoms with van der Waals surface area (Å²) in [5.41, 5.74) is 2.58. The van der Waals surface area contributed by atoms with Crippen molar-refractivity contribution in [2.75, 3.05) is 13.6 Å². The van der Waals surface area contributed by atoms with E-state index in [9.17, 15) is 9.59 Å². The van der Waals surface area contributed by atoms with Crippen molar-refractivity contribution >= 4 is 23.3 Å². The molecular weight excluding hydrogens is 322 g/mol. The smallest absolute Gasteiger partial charge is 0.322 e. The summed E-state index contributed by atoms with van der Waals surface area (Å²) in [5, 5.41) is 4.91. The van der Waals surface area contributed by atoms with Crippen molar-refractivity contribution in [2.45, 2.75) is 12.6 Å². The van der Waals surface area contributed by atoms with E-state index in [4.69, 9.17) is 0 Å². The Morgan fingerprint density at radius 2 is 1.96 bits per heavy atom. The van der Waals surface area contributed by atoms with Crippen molar-refractivity contribution < 1.29 is 9.59 Å². The minimum Gasteiger partial charge on any atom is -0.329 e. The van der Waals surface area contributed by atoms with E-state index in [2.05, 4.69) is 5.32 Å². The van der Waals surface area contributed by atoms with Crippen molar-refractivity contribution in [1.82, 2.24) is 15.1 Å². The monoisotopic (exact) mass is 339 g/mol. The van der Waals surface area contributed by atoms with Gasteiger partial charge in [0, 0.05) is 18.5 Å². The van der Waals surface area contributed by atoms with E-state index >= 15 is 0 Å². The Kier molecular flexibility index (Phi) is 3.61. The summed E-state index contributed by atoms with van der Waals surface area (Å²) < 4.78 is 0. The third kappa shape index (κ3) is 2.39. The number of nitrogens with zero attached hydrogens (tertiary/aromatic N) is 2. The number of rotatable bonds is 3. The van der Waals surface area contributed by atoms with Crippen LogP contribution in [0.3, 0.4) is 0 Å². The molecule has 1 aromatic carbocycles. The summed E-state index contributed by atoms with van der Waals surface area (Å²) in [6.45, 7) is 1.01. The van der Waals surface area contributed by atoms with Crippen LogP contribution in [-0.2, 0) is 11.3 Å². The third-order valence-corrected chi connectivity index (χ3v) is 5.42. The zero-order chi connectivity index (χ0) is 16.7. The van der Waals surface area contributed by atoms with Crippen LogP contribution in [0.4, 0.5) is 4.79 Å². The van der Waals surface area contributed by atoms with Gasteiger partial charge in [-0.05, 0) is 17.0 Å². The number of urea groups is 1. The molecule has 0 spiro atoms. The first-order valence-corrected chi connectivity index (χ1v) is 8.67. The fraction of sp³-hybridized carbons (Fsp3) is 0.222. The number of carbonyl (C=O) groups excluding carboxylic acids is 2. The zero-order valence-corrected chi connectivity index (χ0v) is 14.0. The van der Waals surface area contributed by atoms with Gasteiger partial charge in [0.25, 0.3) is 5.91 Å². The van der Waals surface area contributed by atoms with Gasteiger partial charge in [-0.15, -0.1) is 11.3 Å². The molecule has 0 aliphatic carbocycles. The number of nitrogens with one attached hydrogen (secondary N) is 1. The number of benzene rings is 1. The van der Waals surface area contributed by atoms with E-state index in [0.717, 1.165) is 16.1 Å². The highest BCUT2D eigenvalue weighted by Crippen LogP contribution is 2.37. The third-order valence-electron chi connectivity index (χ3n) is 4.48. The first-order valence-electron chi connectivity index (χ1n) is 7.79. The van der Waals surface area contributed by atoms with E-state index in [-0.39, 0.29) is 18.0 Å². The highest BCUT2D eigenvalue weighted by atomic mass is 32.1. The molecule has 0 fully saturated rings. The van der Waals surface area contributed by atoms with Gasteiger partial charge < -0.3 is 10.2 Å².